The number of rotatable bonds is 1. The fraction of sp³-hybridized carbons (Fsp3) is 0.429. The van der Waals surface area contributed by atoms with Crippen molar-refractivity contribution in [2.24, 2.45) is 4.99 Å². The first-order chi connectivity index (χ1) is 4.61. The maximum Gasteiger partial charge on any atom is 0.0435 e. The van der Waals surface area contributed by atoms with Crippen molar-refractivity contribution in [3.8, 4) is 0 Å². The van der Waals surface area contributed by atoms with Gasteiger partial charge in [0.25, 0.3) is 0 Å². The van der Waals surface area contributed by atoms with Gasteiger partial charge in [0.1, 0.15) is 0 Å². The van der Waals surface area contributed by atoms with E-state index < -0.39 is 9.52 Å². The maximum atomic E-state index is 11.3. The highest BCUT2D eigenvalue weighted by Crippen LogP contribution is 2.11. The molecule has 0 aromatic rings. The van der Waals surface area contributed by atoms with Crippen LogP contribution in [0, 0.1) is 0 Å². The van der Waals surface area contributed by atoms with E-state index in [2.05, 4.69) is 10.9 Å². The van der Waals surface area contributed by atoms with Gasteiger partial charge < -0.3 is 0 Å². The van der Waals surface area contributed by atoms with Crippen molar-refractivity contribution in [3.63, 3.8) is 0 Å². The second-order valence-electron chi connectivity index (χ2n) is 2.44. The van der Waals surface area contributed by atoms with Crippen molar-refractivity contribution < 1.29 is 4.21 Å². The fourth-order valence-electron chi connectivity index (χ4n) is 0.828. The molecule has 0 amide bonds. The number of allylic oxidation sites excluding steroid dienone is 1. The van der Waals surface area contributed by atoms with Gasteiger partial charge in [0, 0.05) is 23.9 Å². The zero-order chi connectivity index (χ0) is 7.61. The molecular formula is C7H11NOS. The van der Waals surface area contributed by atoms with Crippen LogP contribution in [0.5, 0.6) is 0 Å². The van der Waals surface area contributed by atoms with E-state index in [9.17, 15) is 4.21 Å². The van der Waals surface area contributed by atoms with Crippen LogP contribution in [0.4, 0.5) is 0 Å². The zero-order valence-corrected chi connectivity index (χ0v) is 6.86. The van der Waals surface area contributed by atoms with Crippen LogP contribution in [0.2, 0.25) is 0 Å². The molecule has 1 rings (SSSR count). The lowest BCUT2D eigenvalue weighted by Gasteiger charge is -2.08. The molecule has 1 heterocycles. The molecular weight excluding hydrogens is 146 g/mol. The van der Waals surface area contributed by atoms with Gasteiger partial charge in [-0.25, -0.2) is 0 Å². The maximum absolute atomic E-state index is 11.3. The summed E-state index contributed by atoms with van der Waals surface area (Å²) >= 11 is 0. The molecule has 0 aromatic heterocycles. The normalized spacial score (nSPS) is 23.5. The van der Waals surface area contributed by atoms with Crippen molar-refractivity contribution in [3.05, 3.63) is 11.0 Å². The number of dihydropyridines is 1. The molecule has 1 aliphatic heterocycles. The smallest absolute Gasteiger partial charge is 0.0435 e. The molecule has 1 unspecified atom stereocenters. The molecule has 3 heteroatoms. The Balaban J connectivity index is 2.93. The van der Waals surface area contributed by atoms with E-state index >= 15 is 0 Å². The summed E-state index contributed by atoms with van der Waals surface area (Å²) in [5.74, 6) is 3.59. The third-order valence-corrected chi connectivity index (χ3v) is 2.86. The average molecular weight is 157 g/mol. The quantitative estimate of drug-likeness (QED) is 0.515. The molecule has 1 aliphatic rings. The van der Waals surface area contributed by atoms with E-state index in [4.69, 9.17) is 0 Å². The Morgan fingerprint density at radius 3 is 2.80 bits per heavy atom. The minimum absolute atomic E-state index is 0.756. The summed E-state index contributed by atoms with van der Waals surface area (Å²) in [7, 11) is -1.96. The van der Waals surface area contributed by atoms with Gasteiger partial charge in [-0.2, -0.15) is 0 Å². The Morgan fingerprint density at radius 1 is 1.80 bits per heavy atom. The van der Waals surface area contributed by atoms with Crippen LogP contribution in [-0.4, -0.2) is 29.1 Å². The summed E-state index contributed by atoms with van der Waals surface area (Å²) in [6.07, 6.45) is 5.97. The Morgan fingerprint density at radius 2 is 2.50 bits per heavy atom. The summed E-state index contributed by atoms with van der Waals surface area (Å²) < 4.78 is 11.3. The predicted molar refractivity (Wildman–Crippen MR) is 47.2 cm³/mol. The summed E-state index contributed by atoms with van der Waals surface area (Å²) in [4.78, 5) is 4.92. The Labute approximate surface area is 61.7 Å². The first-order valence-electron chi connectivity index (χ1n) is 3.12. The molecule has 10 heavy (non-hydrogen) atoms. The zero-order valence-electron chi connectivity index (χ0n) is 6.04. The van der Waals surface area contributed by atoms with Gasteiger partial charge in [0.2, 0.25) is 0 Å². The van der Waals surface area contributed by atoms with E-state index in [1.807, 2.05) is 0 Å². The van der Waals surface area contributed by atoms with Crippen LogP contribution < -0.4 is 0 Å². The van der Waals surface area contributed by atoms with Crippen molar-refractivity contribution >= 4 is 21.6 Å². The molecule has 0 spiro atoms. The molecule has 56 valence electrons. The Hall–Kier alpha value is -0.570. The number of hydrogen-bond donors (Lipinski definition) is 0. The average Bonchev–Trinajstić information content (AvgIpc) is 1.88. The Kier molecular flexibility index (Phi) is 1.94. The lowest BCUT2D eigenvalue weighted by molar-refractivity contribution is 0.687. The van der Waals surface area contributed by atoms with Crippen molar-refractivity contribution in [2.75, 3.05) is 12.8 Å². The molecule has 0 fully saturated rings. The molecule has 0 saturated heterocycles. The molecule has 0 saturated carbocycles. The summed E-state index contributed by atoms with van der Waals surface area (Å²) in [6, 6.07) is 0. The van der Waals surface area contributed by atoms with Gasteiger partial charge in [-0.1, -0.05) is 0 Å². The predicted octanol–water partition coefficient (Wildman–Crippen LogP) is 0.691. The van der Waals surface area contributed by atoms with Crippen LogP contribution in [-0.2, 0) is 9.52 Å². The largest absolute Gasteiger partial charge is 0.293 e. The molecule has 0 bridgehead atoms. The lowest BCUT2D eigenvalue weighted by atomic mass is 10.3. The summed E-state index contributed by atoms with van der Waals surface area (Å²) in [6.45, 7) is 0.756. The Bertz CT molecular complexity index is 272. The van der Waals surface area contributed by atoms with Gasteiger partial charge in [0.15, 0.2) is 0 Å². The highest BCUT2D eigenvalue weighted by molar-refractivity contribution is 8.03. The molecule has 1 atom stereocenters. The van der Waals surface area contributed by atoms with Gasteiger partial charge in [-0.3, -0.25) is 9.20 Å². The summed E-state index contributed by atoms with van der Waals surface area (Å²) in [5, 5.41) is 0. The lowest BCUT2D eigenvalue weighted by Crippen LogP contribution is -2.05. The first-order valence-corrected chi connectivity index (χ1v) is 5.25. The molecule has 2 nitrogen and oxygen atoms in total. The SMILES string of the molecule is C=S(C)(=O)C1=CC=NCC1. The van der Waals surface area contributed by atoms with Crippen LogP contribution in [0.1, 0.15) is 6.42 Å². The minimum Gasteiger partial charge on any atom is -0.293 e. The standard InChI is InChI=1S/C7H11NOS/c1-10(2,9)7-3-5-8-6-4-7/h3,5H,1,4,6H2,2H3. The highest BCUT2D eigenvalue weighted by atomic mass is 32.2. The van der Waals surface area contributed by atoms with Crippen molar-refractivity contribution in [1.82, 2.24) is 0 Å². The first kappa shape index (κ1) is 7.54. The fourth-order valence-corrected chi connectivity index (χ4v) is 1.70. The van der Waals surface area contributed by atoms with Gasteiger partial charge in [0.05, 0.1) is 0 Å². The summed E-state index contributed by atoms with van der Waals surface area (Å²) in [5.41, 5.74) is 0. The van der Waals surface area contributed by atoms with E-state index in [0.29, 0.717) is 0 Å². The highest BCUT2D eigenvalue weighted by Gasteiger charge is 2.05. The molecule has 0 aromatic carbocycles. The van der Waals surface area contributed by atoms with Crippen molar-refractivity contribution in [2.45, 2.75) is 6.42 Å². The second-order valence-corrected chi connectivity index (χ2v) is 4.98. The van der Waals surface area contributed by atoms with Crippen LogP contribution >= 0.6 is 0 Å². The minimum atomic E-state index is -1.96. The van der Waals surface area contributed by atoms with E-state index in [0.717, 1.165) is 17.9 Å². The van der Waals surface area contributed by atoms with Gasteiger partial charge >= 0.3 is 0 Å². The van der Waals surface area contributed by atoms with Crippen LogP contribution in [0.15, 0.2) is 16.0 Å². The molecule has 0 aliphatic carbocycles. The van der Waals surface area contributed by atoms with Gasteiger partial charge in [-0.05, 0) is 27.9 Å². The number of aliphatic imine (C=N–C) groups is 1. The third kappa shape index (κ3) is 1.70. The molecule has 0 N–H and O–H groups in total. The van der Waals surface area contributed by atoms with Gasteiger partial charge in [-0.15, -0.1) is 0 Å². The second kappa shape index (κ2) is 2.58. The molecule has 0 radical (unpaired) electrons. The number of hydrogen-bond acceptors (Lipinski definition) is 2. The van der Waals surface area contributed by atoms with Crippen LogP contribution in [0.3, 0.4) is 0 Å². The van der Waals surface area contributed by atoms with Crippen molar-refractivity contribution in [1.29, 1.82) is 0 Å². The third-order valence-electron chi connectivity index (χ3n) is 1.41. The topological polar surface area (TPSA) is 29.4 Å². The number of nitrogens with zero attached hydrogens (tertiary/aromatic N) is 1. The monoisotopic (exact) mass is 157 g/mol. The van der Waals surface area contributed by atoms with E-state index in [1.165, 1.54) is 0 Å². The van der Waals surface area contributed by atoms with E-state index in [1.54, 1.807) is 18.5 Å². The van der Waals surface area contributed by atoms with E-state index in [-0.39, 0.29) is 0 Å². The van der Waals surface area contributed by atoms with Crippen LogP contribution in [0.25, 0.3) is 0 Å².